The second kappa shape index (κ2) is 8.20. The first kappa shape index (κ1) is 18.9. The van der Waals surface area contributed by atoms with E-state index < -0.39 is 5.97 Å². The number of hydrogen-bond acceptors (Lipinski definition) is 5. The number of carbonyl (C=O) groups is 2. The van der Waals surface area contributed by atoms with Crippen molar-refractivity contribution in [1.82, 2.24) is 4.90 Å². The normalized spacial score (nSPS) is 16.7. The molecule has 0 aliphatic carbocycles. The van der Waals surface area contributed by atoms with Crippen molar-refractivity contribution in [3.8, 4) is 16.9 Å². The molecule has 1 saturated heterocycles. The predicted octanol–water partition coefficient (Wildman–Crippen LogP) is 2.24. The smallest absolute Gasteiger partial charge is 0.339 e. The molecule has 7 heteroatoms. The summed E-state index contributed by atoms with van der Waals surface area (Å²) in [5, 5.41) is 18.7. The van der Waals surface area contributed by atoms with E-state index in [1.54, 1.807) is 42.3 Å². The van der Waals surface area contributed by atoms with Crippen LogP contribution in [0.1, 0.15) is 20.7 Å². The first-order valence-electron chi connectivity index (χ1n) is 8.57. The minimum absolute atomic E-state index is 0.126. The van der Waals surface area contributed by atoms with Gasteiger partial charge in [-0.1, -0.05) is 18.2 Å². The Kier molecular flexibility index (Phi) is 5.73. The van der Waals surface area contributed by atoms with E-state index in [1.165, 1.54) is 12.1 Å². The monoisotopic (exact) mass is 371 g/mol. The van der Waals surface area contributed by atoms with Crippen LogP contribution < -0.4 is 0 Å². The average molecular weight is 371 g/mol. The number of likely N-dealkylation sites (N-methyl/N-ethyl adjacent to an activating group) is 1. The molecule has 142 valence electrons. The van der Waals surface area contributed by atoms with Gasteiger partial charge < -0.3 is 24.6 Å². The molecular weight excluding hydrogens is 350 g/mol. The van der Waals surface area contributed by atoms with E-state index in [4.69, 9.17) is 14.6 Å². The lowest BCUT2D eigenvalue weighted by Gasteiger charge is -2.27. The third kappa shape index (κ3) is 4.45. The Morgan fingerprint density at radius 1 is 1.11 bits per heavy atom. The quantitative estimate of drug-likeness (QED) is 0.837. The van der Waals surface area contributed by atoms with Crippen LogP contribution in [-0.4, -0.2) is 66.5 Å². The molecule has 0 unspecified atom stereocenters. The fraction of sp³-hybridized carbons (Fsp3) is 0.300. The molecule has 0 aromatic heterocycles. The number of aromatic carboxylic acids is 1. The largest absolute Gasteiger partial charge is 0.507 e. The van der Waals surface area contributed by atoms with Gasteiger partial charge in [0.2, 0.25) is 0 Å². The molecule has 1 fully saturated rings. The Bertz CT molecular complexity index is 827. The van der Waals surface area contributed by atoms with Gasteiger partial charge in [0.05, 0.1) is 25.9 Å². The number of carbonyl (C=O) groups excluding carboxylic acids is 1. The molecule has 0 saturated carbocycles. The first-order chi connectivity index (χ1) is 13.0. The van der Waals surface area contributed by atoms with Crippen LogP contribution in [0.2, 0.25) is 0 Å². The van der Waals surface area contributed by atoms with E-state index in [1.807, 2.05) is 0 Å². The van der Waals surface area contributed by atoms with E-state index >= 15 is 0 Å². The third-order valence-electron chi connectivity index (χ3n) is 4.40. The fourth-order valence-corrected chi connectivity index (χ4v) is 2.94. The zero-order valence-electron chi connectivity index (χ0n) is 14.9. The molecular formula is C20H21NO6. The molecule has 1 atom stereocenters. The highest BCUT2D eigenvalue weighted by Crippen LogP contribution is 2.26. The minimum Gasteiger partial charge on any atom is -0.507 e. The number of phenols is 1. The van der Waals surface area contributed by atoms with Crippen LogP contribution in [0, 0.1) is 0 Å². The second-order valence-corrected chi connectivity index (χ2v) is 6.37. The van der Waals surface area contributed by atoms with Crippen molar-refractivity contribution in [2.24, 2.45) is 0 Å². The van der Waals surface area contributed by atoms with Crippen LogP contribution in [-0.2, 0) is 9.47 Å². The lowest BCUT2D eigenvalue weighted by Crippen LogP contribution is -2.40. The minimum atomic E-state index is -1.20. The van der Waals surface area contributed by atoms with Gasteiger partial charge in [0.1, 0.15) is 11.3 Å². The maximum absolute atomic E-state index is 12.6. The van der Waals surface area contributed by atoms with E-state index in [0.29, 0.717) is 37.5 Å². The molecule has 0 radical (unpaired) electrons. The number of rotatable bonds is 5. The molecule has 2 aromatic rings. The van der Waals surface area contributed by atoms with Crippen LogP contribution in [0.5, 0.6) is 5.75 Å². The topological polar surface area (TPSA) is 96.3 Å². The molecule has 1 amide bonds. The van der Waals surface area contributed by atoms with Gasteiger partial charge in [-0.25, -0.2) is 4.79 Å². The van der Waals surface area contributed by atoms with E-state index in [-0.39, 0.29) is 23.3 Å². The maximum Gasteiger partial charge on any atom is 0.339 e. The number of hydrogen-bond donors (Lipinski definition) is 2. The first-order valence-corrected chi connectivity index (χ1v) is 8.57. The van der Waals surface area contributed by atoms with Gasteiger partial charge in [-0.05, 0) is 35.4 Å². The molecule has 0 bridgehead atoms. The summed E-state index contributed by atoms with van der Waals surface area (Å²) in [5.74, 6) is -1.61. The highest BCUT2D eigenvalue weighted by atomic mass is 16.6. The number of benzene rings is 2. The highest BCUT2D eigenvalue weighted by Gasteiger charge is 2.20. The number of amides is 1. The number of carboxylic acids is 1. The van der Waals surface area contributed by atoms with Gasteiger partial charge in [-0.3, -0.25) is 4.79 Å². The van der Waals surface area contributed by atoms with Crippen molar-refractivity contribution < 1.29 is 29.3 Å². The lowest BCUT2D eigenvalue weighted by atomic mass is 10.0. The molecule has 1 aliphatic heterocycles. The summed E-state index contributed by atoms with van der Waals surface area (Å²) in [4.78, 5) is 25.3. The molecule has 1 aliphatic rings. The summed E-state index contributed by atoms with van der Waals surface area (Å²) in [7, 11) is 1.72. The van der Waals surface area contributed by atoms with Gasteiger partial charge in [0, 0.05) is 19.2 Å². The average Bonchev–Trinajstić information content (AvgIpc) is 2.68. The van der Waals surface area contributed by atoms with Crippen molar-refractivity contribution in [2.45, 2.75) is 6.10 Å². The van der Waals surface area contributed by atoms with Crippen molar-refractivity contribution >= 4 is 11.9 Å². The highest BCUT2D eigenvalue weighted by molar-refractivity contribution is 5.95. The van der Waals surface area contributed by atoms with Crippen LogP contribution in [0.3, 0.4) is 0 Å². The summed E-state index contributed by atoms with van der Waals surface area (Å²) in [6.07, 6.45) is -0.126. The van der Waals surface area contributed by atoms with Crippen LogP contribution in [0.25, 0.3) is 11.1 Å². The Hall–Kier alpha value is -2.90. The molecule has 0 spiro atoms. The van der Waals surface area contributed by atoms with Gasteiger partial charge in [-0.15, -0.1) is 0 Å². The van der Waals surface area contributed by atoms with Gasteiger partial charge in [0.15, 0.2) is 0 Å². The van der Waals surface area contributed by atoms with Gasteiger partial charge in [-0.2, -0.15) is 0 Å². The second-order valence-electron chi connectivity index (χ2n) is 6.37. The standard InChI is InChI=1S/C20H21NO6/c1-21(11-16-12-26-8-9-27-16)19(23)14-4-2-13(3-5-14)15-6-7-18(22)17(10-15)20(24)25/h2-7,10,16,22H,8-9,11-12H2,1H3,(H,24,25)/t16-/m1/s1. The number of ether oxygens (including phenoxy) is 2. The molecule has 7 nitrogen and oxygen atoms in total. The van der Waals surface area contributed by atoms with Crippen LogP contribution >= 0.6 is 0 Å². The molecule has 27 heavy (non-hydrogen) atoms. The maximum atomic E-state index is 12.6. The van der Waals surface area contributed by atoms with Crippen molar-refractivity contribution in [3.05, 3.63) is 53.6 Å². The van der Waals surface area contributed by atoms with E-state index in [2.05, 4.69) is 0 Å². The predicted molar refractivity (Wildman–Crippen MR) is 98.0 cm³/mol. The Morgan fingerprint density at radius 2 is 1.81 bits per heavy atom. The number of carboxylic acid groups (broad SMARTS) is 1. The van der Waals surface area contributed by atoms with Crippen LogP contribution in [0.15, 0.2) is 42.5 Å². The zero-order valence-corrected chi connectivity index (χ0v) is 14.9. The molecule has 3 rings (SSSR count). The summed E-state index contributed by atoms with van der Waals surface area (Å²) in [6.45, 7) is 2.03. The van der Waals surface area contributed by atoms with Crippen molar-refractivity contribution in [2.75, 3.05) is 33.4 Å². The van der Waals surface area contributed by atoms with Crippen molar-refractivity contribution in [1.29, 1.82) is 0 Å². The fourth-order valence-electron chi connectivity index (χ4n) is 2.94. The van der Waals surface area contributed by atoms with Gasteiger partial charge >= 0.3 is 5.97 Å². The Balaban J connectivity index is 1.72. The summed E-state index contributed by atoms with van der Waals surface area (Å²) in [6, 6.07) is 11.3. The SMILES string of the molecule is CN(C[C@@H]1COCCO1)C(=O)c1ccc(-c2ccc(O)c(C(=O)O)c2)cc1. The Morgan fingerprint density at radius 3 is 2.44 bits per heavy atom. The zero-order chi connectivity index (χ0) is 19.4. The lowest BCUT2D eigenvalue weighted by molar-refractivity contribution is -0.0933. The third-order valence-corrected chi connectivity index (χ3v) is 4.40. The van der Waals surface area contributed by atoms with Gasteiger partial charge in [0.25, 0.3) is 5.91 Å². The van der Waals surface area contributed by atoms with E-state index in [9.17, 15) is 14.7 Å². The molecule has 2 N–H and O–H groups in total. The summed E-state index contributed by atoms with van der Waals surface area (Å²) in [5.41, 5.74) is 1.75. The summed E-state index contributed by atoms with van der Waals surface area (Å²) >= 11 is 0. The molecule has 2 aromatic carbocycles. The van der Waals surface area contributed by atoms with Crippen LogP contribution in [0.4, 0.5) is 0 Å². The number of nitrogens with zero attached hydrogens (tertiary/aromatic N) is 1. The molecule has 1 heterocycles. The Labute approximate surface area is 156 Å². The van der Waals surface area contributed by atoms with Crippen molar-refractivity contribution in [3.63, 3.8) is 0 Å². The summed E-state index contributed by atoms with van der Waals surface area (Å²) < 4.78 is 10.9. The van der Waals surface area contributed by atoms with E-state index in [0.717, 1.165) is 5.56 Å². The number of aromatic hydroxyl groups is 1.